The van der Waals surface area contributed by atoms with Crippen LogP contribution in [0, 0.1) is 5.92 Å². The molecule has 0 spiro atoms. The number of ether oxygens (including phenoxy) is 1. The normalized spacial score (nSPS) is 22.0. The van der Waals surface area contributed by atoms with Gasteiger partial charge in [-0.3, -0.25) is 0 Å². The van der Waals surface area contributed by atoms with Crippen LogP contribution in [0.25, 0.3) is 0 Å². The highest BCUT2D eigenvalue weighted by atomic mass is 32.2. The van der Waals surface area contributed by atoms with Crippen LogP contribution in [0.2, 0.25) is 0 Å². The molecular formula is C20H32BNO3S. The fourth-order valence-corrected chi connectivity index (χ4v) is 3.87. The summed E-state index contributed by atoms with van der Waals surface area (Å²) in [5, 5.41) is 0. The molecule has 0 bridgehead atoms. The van der Waals surface area contributed by atoms with Gasteiger partial charge in [-0.25, -0.2) is 0 Å². The van der Waals surface area contributed by atoms with Crippen LogP contribution >= 0.6 is 11.9 Å². The molecule has 0 radical (unpaired) electrons. The van der Waals surface area contributed by atoms with Crippen LogP contribution in [0.5, 0.6) is 5.75 Å². The molecule has 144 valence electrons. The van der Waals surface area contributed by atoms with Crippen LogP contribution in [-0.2, 0) is 9.31 Å². The Morgan fingerprint density at radius 2 is 1.81 bits per heavy atom. The highest BCUT2D eigenvalue weighted by Crippen LogP contribution is 2.37. The first-order chi connectivity index (χ1) is 12.3. The van der Waals surface area contributed by atoms with Crippen molar-refractivity contribution in [3.8, 4) is 5.75 Å². The topological polar surface area (TPSA) is 39.7 Å². The van der Waals surface area contributed by atoms with Gasteiger partial charge in [0.25, 0.3) is 0 Å². The minimum absolute atomic E-state index is 0.336. The van der Waals surface area contributed by atoms with Gasteiger partial charge < -0.3 is 18.8 Å². The average molecular weight is 377 g/mol. The Balaban J connectivity index is 1.77. The van der Waals surface area contributed by atoms with Crippen molar-refractivity contribution >= 4 is 30.2 Å². The first-order valence-electron chi connectivity index (χ1n) is 9.82. The second-order valence-electron chi connectivity index (χ2n) is 8.34. The quantitative estimate of drug-likeness (QED) is 0.554. The molecule has 26 heavy (non-hydrogen) atoms. The molecule has 1 aromatic carbocycles. The first-order valence-corrected chi connectivity index (χ1v) is 10.8. The minimum Gasteiger partial charge on any atom is -0.491 e. The zero-order chi connectivity index (χ0) is 18.8. The lowest BCUT2D eigenvalue weighted by molar-refractivity contribution is 0.00578. The molecule has 1 N–H and O–H groups in total. The summed E-state index contributed by atoms with van der Waals surface area (Å²) in [6, 6.07) is 6.23. The monoisotopic (exact) mass is 377 g/mol. The van der Waals surface area contributed by atoms with Crippen LogP contribution in [0.4, 0.5) is 5.69 Å². The first kappa shape index (κ1) is 19.9. The van der Waals surface area contributed by atoms with Crippen molar-refractivity contribution in [2.75, 3.05) is 17.1 Å². The average Bonchev–Trinajstić information content (AvgIpc) is 3.17. The van der Waals surface area contributed by atoms with Gasteiger partial charge in [0.2, 0.25) is 0 Å². The molecule has 4 nitrogen and oxygen atoms in total. The molecule has 6 heteroatoms. The minimum atomic E-state index is -0.360. The summed E-state index contributed by atoms with van der Waals surface area (Å²) in [5.74, 6) is 2.58. The number of hydrogen-bond acceptors (Lipinski definition) is 5. The molecule has 1 heterocycles. The van der Waals surface area contributed by atoms with E-state index >= 15 is 0 Å². The number of nitrogens with one attached hydrogen (secondary N) is 1. The highest BCUT2D eigenvalue weighted by molar-refractivity contribution is 8.00. The molecule has 1 aromatic rings. The van der Waals surface area contributed by atoms with E-state index in [-0.39, 0.29) is 18.3 Å². The van der Waals surface area contributed by atoms with Crippen LogP contribution < -0.4 is 14.9 Å². The van der Waals surface area contributed by atoms with E-state index in [0.29, 0.717) is 5.92 Å². The third kappa shape index (κ3) is 4.34. The van der Waals surface area contributed by atoms with Crippen molar-refractivity contribution in [3.05, 3.63) is 18.2 Å². The maximum Gasteiger partial charge on any atom is 0.494 e. The second kappa shape index (κ2) is 8.03. The summed E-state index contributed by atoms with van der Waals surface area (Å²) < 4.78 is 22.0. The number of anilines is 1. The van der Waals surface area contributed by atoms with E-state index in [1.807, 2.05) is 0 Å². The lowest BCUT2D eigenvalue weighted by Gasteiger charge is -2.32. The van der Waals surface area contributed by atoms with Crippen molar-refractivity contribution in [2.45, 2.75) is 71.5 Å². The standard InChI is InChI=1S/C20H32BNO3S/c1-6-26-22-17-12-11-16(21-24-19(2,3)20(4,5)25-21)13-18(17)23-14-15-9-7-8-10-15/h11-13,15,22H,6-10,14H2,1-5H3. The summed E-state index contributed by atoms with van der Waals surface area (Å²) in [6.45, 7) is 11.3. The molecule has 2 aliphatic rings. The van der Waals surface area contributed by atoms with Crippen LogP contribution in [0.3, 0.4) is 0 Å². The molecule has 1 aliphatic carbocycles. The summed E-state index contributed by atoms with van der Waals surface area (Å²) >= 11 is 1.68. The van der Waals surface area contributed by atoms with Gasteiger partial charge in [-0.1, -0.05) is 37.8 Å². The Kier molecular flexibility index (Phi) is 6.15. The van der Waals surface area contributed by atoms with E-state index in [0.717, 1.165) is 29.3 Å². The lowest BCUT2D eigenvalue weighted by atomic mass is 9.79. The van der Waals surface area contributed by atoms with Gasteiger partial charge in [-0.05, 0) is 64.1 Å². The third-order valence-corrected chi connectivity index (χ3v) is 6.46. The van der Waals surface area contributed by atoms with Crippen molar-refractivity contribution in [3.63, 3.8) is 0 Å². The smallest absolute Gasteiger partial charge is 0.491 e. The van der Waals surface area contributed by atoms with E-state index in [1.54, 1.807) is 11.9 Å². The van der Waals surface area contributed by atoms with Crippen molar-refractivity contribution in [1.82, 2.24) is 0 Å². The maximum absolute atomic E-state index is 6.24. The van der Waals surface area contributed by atoms with Gasteiger partial charge in [-0.2, -0.15) is 0 Å². The van der Waals surface area contributed by atoms with Gasteiger partial charge in [-0.15, -0.1) is 0 Å². The predicted molar refractivity (Wildman–Crippen MR) is 111 cm³/mol. The summed E-state index contributed by atoms with van der Waals surface area (Å²) in [6.07, 6.45) is 5.23. The Labute approximate surface area is 163 Å². The molecule has 0 unspecified atom stereocenters. The molecule has 3 rings (SSSR count). The van der Waals surface area contributed by atoms with E-state index in [1.165, 1.54) is 25.7 Å². The maximum atomic E-state index is 6.24. The Bertz CT molecular complexity index is 601. The van der Waals surface area contributed by atoms with Gasteiger partial charge in [0.1, 0.15) is 5.75 Å². The lowest BCUT2D eigenvalue weighted by Crippen LogP contribution is -2.41. The fraction of sp³-hybridized carbons (Fsp3) is 0.700. The van der Waals surface area contributed by atoms with Crippen LogP contribution in [-0.4, -0.2) is 30.7 Å². The zero-order valence-electron chi connectivity index (χ0n) is 16.8. The summed E-state index contributed by atoms with van der Waals surface area (Å²) in [4.78, 5) is 0. The summed E-state index contributed by atoms with van der Waals surface area (Å²) in [7, 11) is -0.360. The zero-order valence-corrected chi connectivity index (χ0v) is 17.6. The Hall–Kier alpha value is -0.845. The number of rotatable bonds is 7. The largest absolute Gasteiger partial charge is 0.494 e. The van der Waals surface area contributed by atoms with Crippen molar-refractivity contribution in [2.24, 2.45) is 5.92 Å². The van der Waals surface area contributed by atoms with Gasteiger partial charge in [0.05, 0.1) is 23.5 Å². The number of benzene rings is 1. The van der Waals surface area contributed by atoms with Gasteiger partial charge >= 0.3 is 7.12 Å². The Morgan fingerprint density at radius 1 is 1.15 bits per heavy atom. The van der Waals surface area contributed by atoms with Crippen LogP contribution in [0.1, 0.15) is 60.3 Å². The van der Waals surface area contributed by atoms with Gasteiger partial charge in [0.15, 0.2) is 0 Å². The van der Waals surface area contributed by atoms with E-state index in [9.17, 15) is 0 Å². The molecule has 1 saturated heterocycles. The molecule has 0 amide bonds. The second-order valence-corrected chi connectivity index (χ2v) is 9.41. The van der Waals surface area contributed by atoms with Crippen LogP contribution in [0.15, 0.2) is 18.2 Å². The van der Waals surface area contributed by atoms with E-state index in [4.69, 9.17) is 14.0 Å². The Morgan fingerprint density at radius 3 is 2.42 bits per heavy atom. The SMILES string of the molecule is CCSNc1ccc(B2OC(C)(C)C(C)(C)O2)cc1OCC1CCCC1. The number of hydrogen-bond donors (Lipinski definition) is 1. The fourth-order valence-electron chi connectivity index (χ4n) is 3.40. The molecule has 0 atom stereocenters. The third-order valence-electron chi connectivity index (χ3n) is 5.81. The predicted octanol–water partition coefficient (Wildman–Crippen LogP) is 4.63. The molecular weight excluding hydrogens is 345 g/mol. The summed E-state index contributed by atoms with van der Waals surface area (Å²) in [5.41, 5.74) is 1.36. The van der Waals surface area contributed by atoms with Crippen molar-refractivity contribution in [1.29, 1.82) is 0 Å². The van der Waals surface area contributed by atoms with Gasteiger partial charge in [0, 0.05) is 5.75 Å². The molecule has 1 aliphatic heterocycles. The molecule has 2 fully saturated rings. The molecule has 1 saturated carbocycles. The van der Waals surface area contributed by atoms with Crippen molar-refractivity contribution < 1.29 is 14.0 Å². The molecule has 0 aromatic heterocycles. The highest BCUT2D eigenvalue weighted by Gasteiger charge is 2.51. The van der Waals surface area contributed by atoms with E-state index in [2.05, 4.69) is 57.5 Å². The van der Waals surface area contributed by atoms with E-state index < -0.39 is 0 Å².